The van der Waals surface area contributed by atoms with Gasteiger partial charge in [-0.25, -0.2) is 4.79 Å². The highest BCUT2D eigenvalue weighted by Crippen LogP contribution is 2.25. The molecule has 0 saturated heterocycles. The number of hydrogen-bond acceptors (Lipinski definition) is 3. The van der Waals surface area contributed by atoms with Crippen molar-refractivity contribution < 1.29 is 14.3 Å². The van der Waals surface area contributed by atoms with Crippen LogP contribution in [0.2, 0.25) is 0 Å². The molecule has 1 N–H and O–H groups in total. The quantitative estimate of drug-likeness (QED) is 0.899. The van der Waals surface area contributed by atoms with E-state index in [4.69, 9.17) is 9.52 Å². The molecule has 1 aromatic carbocycles. The van der Waals surface area contributed by atoms with Gasteiger partial charge in [-0.2, -0.15) is 0 Å². The highest BCUT2D eigenvalue weighted by atomic mass is 16.4. The number of hydrogen-bond donors (Lipinski definition) is 1. The molecule has 0 aliphatic carbocycles. The Balaban J connectivity index is 1.77. The van der Waals surface area contributed by atoms with Crippen molar-refractivity contribution in [2.45, 2.75) is 19.6 Å². The molecule has 1 aromatic heterocycles. The van der Waals surface area contributed by atoms with E-state index < -0.39 is 5.97 Å². The van der Waals surface area contributed by atoms with E-state index in [0.29, 0.717) is 5.56 Å². The maximum absolute atomic E-state index is 10.9. The number of aromatic carboxylic acids is 1. The van der Waals surface area contributed by atoms with E-state index in [1.807, 2.05) is 12.1 Å². The first kappa shape index (κ1) is 11.0. The van der Waals surface area contributed by atoms with E-state index in [2.05, 4.69) is 4.90 Å². The molecule has 0 radical (unpaired) electrons. The molecule has 1 aliphatic rings. The number of carboxylic acid groups (broad SMARTS) is 1. The Labute approximate surface area is 104 Å². The third kappa shape index (κ3) is 2.02. The van der Waals surface area contributed by atoms with Crippen LogP contribution in [-0.4, -0.2) is 16.0 Å². The monoisotopic (exact) mass is 243 g/mol. The minimum atomic E-state index is -0.869. The van der Waals surface area contributed by atoms with Crippen molar-refractivity contribution in [2.24, 2.45) is 0 Å². The summed E-state index contributed by atoms with van der Waals surface area (Å²) < 4.78 is 5.05. The van der Waals surface area contributed by atoms with Crippen LogP contribution in [0.1, 0.15) is 27.0 Å². The summed E-state index contributed by atoms with van der Waals surface area (Å²) in [5.41, 5.74) is 3.82. The Kier molecular flexibility index (Phi) is 2.64. The third-order valence-corrected chi connectivity index (χ3v) is 3.23. The lowest BCUT2D eigenvalue weighted by Crippen LogP contribution is -2.14. The molecule has 18 heavy (non-hydrogen) atoms. The van der Waals surface area contributed by atoms with Crippen molar-refractivity contribution in [1.82, 2.24) is 4.90 Å². The maximum Gasteiger partial charge on any atom is 0.335 e. The van der Waals surface area contributed by atoms with Crippen molar-refractivity contribution in [3.8, 4) is 0 Å². The van der Waals surface area contributed by atoms with Crippen LogP contribution in [0.4, 0.5) is 0 Å². The van der Waals surface area contributed by atoms with E-state index in [0.717, 1.165) is 30.8 Å². The molecule has 92 valence electrons. The average Bonchev–Trinajstić information content (AvgIpc) is 2.96. The molecule has 0 amide bonds. The van der Waals surface area contributed by atoms with Gasteiger partial charge in [0.05, 0.1) is 18.1 Å². The summed E-state index contributed by atoms with van der Waals surface area (Å²) in [5.74, 6) is -0.869. The second kappa shape index (κ2) is 4.31. The third-order valence-electron chi connectivity index (χ3n) is 3.23. The van der Waals surface area contributed by atoms with Gasteiger partial charge in [0, 0.05) is 25.2 Å². The van der Waals surface area contributed by atoms with E-state index >= 15 is 0 Å². The van der Waals surface area contributed by atoms with Crippen LogP contribution < -0.4 is 0 Å². The lowest BCUT2D eigenvalue weighted by atomic mass is 10.1. The molecule has 0 bridgehead atoms. The Morgan fingerprint density at radius 1 is 1.28 bits per heavy atom. The van der Waals surface area contributed by atoms with E-state index in [1.54, 1.807) is 24.7 Å². The summed E-state index contributed by atoms with van der Waals surface area (Å²) in [7, 11) is 0. The molecule has 0 atom stereocenters. The van der Waals surface area contributed by atoms with Crippen molar-refractivity contribution >= 4 is 5.97 Å². The number of nitrogens with zero attached hydrogens (tertiary/aromatic N) is 1. The Hall–Kier alpha value is -2.07. The first-order chi connectivity index (χ1) is 8.72. The lowest BCUT2D eigenvalue weighted by Gasteiger charge is -2.12. The van der Waals surface area contributed by atoms with Gasteiger partial charge in [0.1, 0.15) is 0 Å². The summed E-state index contributed by atoms with van der Waals surface area (Å²) in [6.45, 7) is 2.48. The van der Waals surface area contributed by atoms with Crippen LogP contribution in [-0.2, 0) is 19.6 Å². The number of benzene rings is 1. The predicted molar refractivity (Wildman–Crippen MR) is 65.1 cm³/mol. The minimum absolute atomic E-state index is 0.360. The fraction of sp³-hybridized carbons (Fsp3) is 0.214. The average molecular weight is 243 g/mol. The van der Waals surface area contributed by atoms with E-state index in [1.165, 1.54) is 5.56 Å². The summed E-state index contributed by atoms with van der Waals surface area (Å²) in [4.78, 5) is 13.2. The topological polar surface area (TPSA) is 53.7 Å². The summed E-state index contributed by atoms with van der Waals surface area (Å²) in [6.07, 6.45) is 3.41. The van der Waals surface area contributed by atoms with Gasteiger partial charge in [-0.1, -0.05) is 6.07 Å². The number of carbonyl (C=O) groups is 1. The fourth-order valence-electron chi connectivity index (χ4n) is 2.35. The van der Waals surface area contributed by atoms with Gasteiger partial charge in [0.2, 0.25) is 0 Å². The molecule has 2 heterocycles. The summed E-state index contributed by atoms with van der Waals surface area (Å²) >= 11 is 0. The number of furan rings is 1. The zero-order chi connectivity index (χ0) is 12.5. The van der Waals surface area contributed by atoms with Gasteiger partial charge < -0.3 is 9.52 Å². The molecule has 4 nitrogen and oxygen atoms in total. The second-order valence-corrected chi connectivity index (χ2v) is 4.57. The van der Waals surface area contributed by atoms with Crippen LogP contribution in [0, 0.1) is 0 Å². The molecule has 0 fully saturated rings. The van der Waals surface area contributed by atoms with Gasteiger partial charge in [0.25, 0.3) is 0 Å². The zero-order valence-electron chi connectivity index (χ0n) is 9.80. The van der Waals surface area contributed by atoms with Crippen LogP contribution in [0.5, 0.6) is 0 Å². The zero-order valence-corrected chi connectivity index (χ0v) is 9.80. The highest BCUT2D eigenvalue weighted by molar-refractivity contribution is 5.87. The fourth-order valence-corrected chi connectivity index (χ4v) is 2.35. The number of fused-ring (bicyclic) bond motifs is 1. The predicted octanol–water partition coefficient (Wildman–Crippen LogP) is 2.49. The molecule has 4 heteroatoms. The summed E-state index contributed by atoms with van der Waals surface area (Å²) in [5, 5.41) is 8.96. The first-order valence-electron chi connectivity index (χ1n) is 5.81. The van der Waals surface area contributed by atoms with Gasteiger partial charge in [0.15, 0.2) is 0 Å². The molecule has 0 unspecified atom stereocenters. The highest BCUT2D eigenvalue weighted by Gasteiger charge is 2.20. The molecule has 2 aromatic rings. The molecule has 0 spiro atoms. The minimum Gasteiger partial charge on any atom is -0.478 e. The van der Waals surface area contributed by atoms with Crippen molar-refractivity contribution in [1.29, 1.82) is 0 Å². The molecule has 3 rings (SSSR count). The SMILES string of the molecule is O=C(O)c1ccc2c(c1)CN(Cc1ccoc1)C2. The lowest BCUT2D eigenvalue weighted by molar-refractivity contribution is 0.0696. The smallest absolute Gasteiger partial charge is 0.335 e. The second-order valence-electron chi connectivity index (χ2n) is 4.57. The first-order valence-corrected chi connectivity index (χ1v) is 5.81. The normalized spacial score (nSPS) is 14.7. The number of rotatable bonds is 3. The number of carboxylic acids is 1. The standard InChI is InChI=1S/C14H13NO3/c16-14(17)11-1-2-12-7-15(8-13(12)5-11)6-10-3-4-18-9-10/h1-5,9H,6-8H2,(H,16,17). The van der Waals surface area contributed by atoms with E-state index in [-0.39, 0.29) is 0 Å². The van der Waals surface area contributed by atoms with Gasteiger partial charge in [-0.15, -0.1) is 0 Å². The molecule has 0 saturated carbocycles. The largest absolute Gasteiger partial charge is 0.478 e. The molecular formula is C14H13NO3. The Morgan fingerprint density at radius 2 is 2.11 bits per heavy atom. The van der Waals surface area contributed by atoms with Crippen LogP contribution >= 0.6 is 0 Å². The van der Waals surface area contributed by atoms with Gasteiger partial charge in [-0.05, 0) is 29.3 Å². The van der Waals surface area contributed by atoms with Gasteiger partial charge in [-0.3, -0.25) is 4.90 Å². The van der Waals surface area contributed by atoms with Crippen molar-refractivity contribution in [2.75, 3.05) is 0 Å². The maximum atomic E-state index is 10.9. The van der Waals surface area contributed by atoms with Gasteiger partial charge >= 0.3 is 5.97 Å². The molecular weight excluding hydrogens is 230 g/mol. The van der Waals surface area contributed by atoms with E-state index in [9.17, 15) is 4.79 Å². The Morgan fingerprint density at radius 3 is 2.83 bits per heavy atom. The Bertz CT molecular complexity index is 575. The van der Waals surface area contributed by atoms with Crippen LogP contribution in [0.3, 0.4) is 0 Å². The van der Waals surface area contributed by atoms with Crippen LogP contribution in [0.25, 0.3) is 0 Å². The van der Waals surface area contributed by atoms with Crippen LogP contribution in [0.15, 0.2) is 41.2 Å². The summed E-state index contributed by atoms with van der Waals surface area (Å²) in [6, 6.07) is 7.30. The van der Waals surface area contributed by atoms with Crippen molar-refractivity contribution in [3.05, 3.63) is 59.0 Å². The van der Waals surface area contributed by atoms with Crippen molar-refractivity contribution in [3.63, 3.8) is 0 Å². The molecule has 1 aliphatic heterocycles.